The van der Waals surface area contributed by atoms with Gasteiger partial charge in [0.15, 0.2) is 0 Å². The molecule has 0 radical (unpaired) electrons. The second-order valence-corrected chi connectivity index (χ2v) is 5.85. The summed E-state index contributed by atoms with van der Waals surface area (Å²) in [6.45, 7) is 5.42. The molecule has 3 nitrogen and oxygen atoms in total. The third-order valence-corrected chi connectivity index (χ3v) is 3.54. The molecule has 2 aromatic rings. The molecule has 0 aromatic heterocycles. The average molecular weight is 362 g/mol. The van der Waals surface area contributed by atoms with Crippen molar-refractivity contribution in [3.8, 4) is 23.7 Å². The molecule has 0 spiro atoms. The molecule has 0 aliphatic rings. The summed E-state index contributed by atoms with van der Waals surface area (Å²) in [7, 11) is 0. The fraction of sp³-hybridized carbons (Fsp3) is 0.333. The predicted octanol–water partition coefficient (Wildman–Crippen LogP) is 4.87. The van der Waals surface area contributed by atoms with E-state index >= 15 is 0 Å². The average Bonchev–Trinajstić information content (AvgIpc) is 2.70. The summed E-state index contributed by atoms with van der Waals surface area (Å²) in [5, 5.41) is 0. The summed E-state index contributed by atoms with van der Waals surface area (Å²) in [5.41, 5.74) is 4.17. The molecule has 2 rings (SSSR count). The van der Waals surface area contributed by atoms with Crippen LogP contribution in [0.5, 0.6) is 0 Å². The van der Waals surface area contributed by atoms with Gasteiger partial charge in [0.2, 0.25) is 0 Å². The summed E-state index contributed by atoms with van der Waals surface area (Å²) >= 11 is 0. The molecule has 0 fully saturated rings. The third kappa shape index (κ3) is 8.58. The van der Waals surface area contributed by atoms with Gasteiger partial charge in [0.1, 0.15) is 13.6 Å². The molecule has 3 heteroatoms. The first-order valence-electron chi connectivity index (χ1n) is 9.20. The number of rotatable bonds is 8. The molecule has 0 unspecified atom stereocenters. The standard InChI is InChI=1S/C24H26O3/c1-3-5-9-21-11-7-13-23(15-21)17-25-19-27-20-26-18-24-14-8-12-22(16-24)10-6-4-2/h7-8,11-16H,3-4,17-20H2,1-2H3. The molecular formula is C24H26O3. The lowest BCUT2D eigenvalue weighted by molar-refractivity contribution is -0.139. The Balaban J connectivity index is 1.62. The van der Waals surface area contributed by atoms with Gasteiger partial charge in [-0.2, -0.15) is 0 Å². The first kappa shape index (κ1) is 20.7. The first-order chi connectivity index (χ1) is 13.3. The van der Waals surface area contributed by atoms with Crippen LogP contribution in [-0.4, -0.2) is 13.6 Å². The zero-order chi connectivity index (χ0) is 19.2. The van der Waals surface area contributed by atoms with Crippen LogP contribution in [-0.2, 0) is 27.4 Å². The highest BCUT2D eigenvalue weighted by Crippen LogP contribution is 2.07. The summed E-state index contributed by atoms with van der Waals surface area (Å²) in [6.07, 6.45) is 1.70. The van der Waals surface area contributed by atoms with Gasteiger partial charge in [-0.15, -0.1) is 0 Å². The molecule has 140 valence electrons. The maximum absolute atomic E-state index is 5.53. The Morgan fingerprint density at radius 3 is 1.59 bits per heavy atom. The van der Waals surface area contributed by atoms with Crippen molar-refractivity contribution in [2.75, 3.05) is 13.6 Å². The fourth-order valence-electron chi connectivity index (χ4n) is 2.33. The minimum atomic E-state index is 0.187. The summed E-state index contributed by atoms with van der Waals surface area (Å²) in [6, 6.07) is 16.1. The largest absolute Gasteiger partial charge is 0.351 e. The highest BCUT2D eigenvalue weighted by atomic mass is 16.7. The van der Waals surface area contributed by atoms with Crippen LogP contribution in [0.15, 0.2) is 48.5 Å². The number of ether oxygens (including phenoxy) is 3. The van der Waals surface area contributed by atoms with E-state index in [4.69, 9.17) is 14.2 Å². The van der Waals surface area contributed by atoms with Crippen molar-refractivity contribution in [1.82, 2.24) is 0 Å². The Morgan fingerprint density at radius 1 is 0.667 bits per heavy atom. The Bertz CT molecular complexity index is 749. The quantitative estimate of drug-likeness (QED) is 0.381. The van der Waals surface area contributed by atoms with Gasteiger partial charge >= 0.3 is 0 Å². The van der Waals surface area contributed by atoms with E-state index in [2.05, 4.69) is 23.7 Å². The lowest BCUT2D eigenvalue weighted by atomic mass is 10.1. The Hall–Kier alpha value is -2.56. The second-order valence-electron chi connectivity index (χ2n) is 5.85. The molecule has 0 saturated heterocycles. The second kappa shape index (κ2) is 12.7. The summed E-state index contributed by atoms with van der Waals surface area (Å²) < 4.78 is 16.4. The first-order valence-corrected chi connectivity index (χ1v) is 9.20. The Morgan fingerprint density at radius 2 is 1.15 bits per heavy atom. The van der Waals surface area contributed by atoms with Crippen LogP contribution in [0.1, 0.15) is 48.9 Å². The van der Waals surface area contributed by atoms with Crippen molar-refractivity contribution >= 4 is 0 Å². The minimum absolute atomic E-state index is 0.187. The van der Waals surface area contributed by atoms with Gasteiger partial charge in [-0.25, -0.2) is 0 Å². The summed E-state index contributed by atoms with van der Waals surface area (Å²) in [4.78, 5) is 0. The van der Waals surface area contributed by atoms with Gasteiger partial charge in [-0.3, -0.25) is 0 Å². The Kier molecular flexibility index (Phi) is 9.79. The van der Waals surface area contributed by atoms with Gasteiger partial charge in [-0.05, 0) is 35.4 Å². The smallest absolute Gasteiger partial charge is 0.150 e. The van der Waals surface area contributed by atoms with Gasteiger partial charge in [0, 0.05) is 24.0 Å². The lowest BCUT2D eigenvalue weighted by Crippen LogP contribution is -2.05. The number of hydrogen-bond donors (Lipinski definition) is 0. The van der Waals surface area contributed by atoms with Crippen molar-refractivity contribution in [2.24, 2.45) is 0 Å². The fourth-order valence-corrected chi connectivity index (χ4v) is 2.33. The minimum Gasteiger partial charge on any atom is -0.351 e. The highest BCUT2D eigenvalue weighted by Gasteiger charge is 1.97. The van der Waals surface area contributed by atoms with Crippen LogP contribution in [0.4, 0.5) is 0 Å². The molecule has 0 aliphatic heterocycles. The van der Waals surface area contributed by atoms with E-state index in [1.807, 2.05) is 62.4 Å². The van der Waals surface area contributed by atoms with E-state index in [9.17, 15) is 0 Å². The van der Waals surface area contributed by atoms with E-state index in [0.29, 0.717) is 13.2 Å². The molecule has 0 N–H and O–H groups in total. The van der Waals surface area contributed by atoms with Gasteiger partial charge < -0.3 is 14.2 Å². The van der Waals surface area contributed by atoms with Crippen LogP contribution >= 0.6 is 0 Å². The van der Waals surface area contributed by atoms with Crippen molar-refractivity contribution in [3.05, 3.63) is 70.8 Å². The van der Waals surface area contributed by atoms with Crippen LogP contribution in [0.25, 0.3) is 0 Å². The topological polar surface area (TPSA) is 27.7 Å². The van der Waals surface area contributed by atoms with Crippen LogP contribution in [0, 0.1) is 23.7 Å². The lowest BCUT2D eigenvalue weighted by Gasteiger charge is -2.08. The maximum atomic E-state index is 5.53. The SMILES string of the molecule is CCC#Cc1cccc(COCOCOCc2cccc(C#CCC)c2)c1. The highest BCUT2D eigenvalue weighted by molar-refractivity contribution is 5.37. The van der Waals surface area contributed by atoms with Crippen molar-refractivity contribution in [2.45, 2.75) is 39.9 Å². The Labute approximate surface area is 162 Å². The molecule has 0 amide bonds. The van der Waals surface area contributed by atoms with Gasteiger partial charge in [-0.1, -0.05) is 61.8 Å². The molecule has 2 aromatic carbocycles. The molecule has 0 bridgehead atoms. The van der Waals surface area contributed by atoms with E-state index in [-0.39, 0.29) is 13.6 Å². The number of benzene rings is 2. The molecule has 0 atom stereocenters. The maximum Gasteiger partial charge on any atom is 0.150 e. The van der Waals surface area contributed by atoms with Crippen LogP contribution in [0.2, 0.25) is 0 Å². The van der Waals surface area contributed by atoms with Crippen LogP contribution < -0.4 is 0 Å². The monoisotopic (exact) mass is 362 g/mol. The molecule has 0 heterocycles. The zero-order valence-electron chi connectivity index (χ0n) is 16.1. The van der Waals surface area contributed by atoms with Crippen LogP contribution in [0.3, 0.4) is 0 Å². The van der Waals surface area contributed by atoms with Gasteiger partial charge in [0.25, 0.3) is 0 Å². The van der Waals surface area contributed by atoms with Crippen molar-refractivity contribution in [1.29, 1.82) is 0 Å². The molecule has 0 saturated carbocycles. The molecular weight excluding hydrogens is 336 g/mol. The zero-order valence-corrected chi connectivity index (χ0v) is 16.1. The third-order valence-electron chi connectivity index (χ3n) is 3.54. The normalized spacial score (nSPS) is 9.85. The van der Waals surface area contributed by atoms with E-state index in [1.165, 1.54) is 0 Å². The van der Waals surface area contributed by atoms with E-state index in [0.717, 1.165) is 35.1 Å². The van der Waals surface area contributed by atoms with Crippen molar-refractivity contribution < 1.29 is 14.2 Å². The van der Waals surface area contributed by atoms with Crippen molar-refractivity contribution in [3.63, 3.8) is 0 Å². The molecule has 0 aliphatic carbocycles. The predicted molar refractivity (Wildman–Crippen MR) is 108 cm³/mol. The van der Waals surface area contributed by atoms with E-state index in [1.54, 1.807) is 0 Å². The van der Waals surface area contributed by atoms with Gasteiger partial charge in [0.05, 0.1) is 13.2 Å². The number of hydrogen-bond acceptors (Lipinski definition) is 3. The molecule has 27 heavy (non-hydrogen) atoms. The van der Waals surface area contributed by atoms with E-state index < -0.39 is 0 Å². The summed E-state index contributed by atoms with van der Waals surface area (Å²) in [5.74, 6) is 12.4.